The van der Waals surface area contributed by atoms with Crippen LogP contribution in [0, 0.1) is 12.7 Å². The van der Waals surface area contributed by atoms with Gasteiger partial charge in [-0.25, -0.2) is 4.39 Å². The fourth-order valence-electron chi connectivity index (χ4n) is 4.83. The molecule has 0 saturated carbocycles. The molecule has 2 aromatic carbocycles. The highest BCUT2D eigenvalue weighted by atomic mass is 19.1. The Bertz CT molecular complexity index is 1130. The predicted octanol–water partition coefficient (Wildman–Crippen LogP) is 3.50. The third-order valence-electron chi connectivity index (χ3n) is 6.28. The predicted molar refractivity (Wildman–Crippen MR) is 118 cm³/mol. The van der Waals surface area contributed by atoms with Gasteiger partial charge in [0.1, 0.15) is 11.9 Å². The van der Waals surface area contributed by atoms with Crippen molar-refractivity contribution in [1.29, 1.82) is 0 Å². The SMILES string of the molecule is Cc1[nH]c2ccccc2c1[C@H](c1ccncc1)[NH+]1CCN(c2ccc(F)cc2)CC1. The largest absolute Gasteiger partial charge is 0.360 e. The van der Waals surface area contributed by atoms with E-state index >= 15 is 0 Å². The Kier molecular flexibility index (Phi) is 4.97. The maximum atomic E-state index is 13.3. The Balaban J connectivity index is 1.48. The number of rotatable bonds is 4. The molecule has 0 spiro atoms. The second-order valence-corrected chi connectivity index (χ2v) is 8.04. The van der Waals surface area contributed by atoms with Gasteiger partial charge in [-0.2, -0.15) is 0 Å². The molecule has 1 aliphatic heterocycles. The average Bonchev–Trinajstić information content (AvgIpc) is 3.12. The smallest absolute Gasteiger partial charge is 0.141 e. The van der Waals surface area contributed by atoms with E-state index < -0.39 is 0 Å². The normalized spacial score (nSPS) is 16.1. The molecule has 4 nitrogen and oxygen atoms in total. The van der Waals surface area contributed by atoms with E-state index in [1.807, 2.05) is 24.5 Å². The summed E-state index contributed by atoms with van der Waals surface area (Å²) in [6.07, 6.45) is 3.78. The van der Waals surface area contributed by atoms with Crippen molar-refractivity contribution >= 4 is 16.6 Å². The van der Waals surface area contributed by atoms with Crippen LogP contribution in [0.3, 0.4) is 0 Å². The lowest BCUT2D eigenvalue weighted by Gasteiger charge is -2.38. The molecular weight excluding hydrogens is 375 g/mol. The Hall–Kier alpha value is -3.18. The molecular formula is C25H26FN4+. The maximum absolute atomic E-state index is 13.3. The van der Waals surface area contributed by atoms with Crippen molar-refractivity contribution in [3.63, 3.8) is 0 Å². The molecule has 0 amide bonds. The summed E-state index contributed by atoms with van der Waals surface area (Å²) in [4.78, 5) is 11.7. The van der Waals surface area contributed by atoms with Gasteiger partial charge in [-0.05, 0) is 49.4 Å². The van der Waals surface area contributed by atoms with Crippen LogP contribution in [0.25, 0.3) is 10.9 Å². The molecule has 1 aliphatic rings. The number of halogens is 1. The monoisotopic (exact) mass is 401 g/mol. The summed E-state index contributed by atoms with van der Waals surface area (Å²) >= 11 is 0. The maximum Gasteiger partial charge on any atom is 0.141 e. The van der Waals surface area contributed by atoms with Gasteiger partial charge in [0.05, 0.1) is 26.2 Å². The zero-order chi connectivity index (χ0) is 20.5. The van der Waals surface area contributed by atoms with Crippen LogP contribution in [0.5, 0.6) is 0 Å². The van der Waals surface area contributed by atoms with Crippen LogP contribution < -0.4 is 9.80 Å². The highest BCUT2D eigenvalue weighted by Gasteiger charge is 2.33. The van der Waals surface area contributed by atoms with Crippen LogP contribution in [0.15, 0.2) is 73.1 Å². The number of benzene rings is 2. The fourth-order valence-corrected chi connectivity index (χ4v) is 4.83. The number of pyridine rings is 1. The molecule has 2 aromatic heterocycles. The Morgan fingerprint density at radius 3 is 2.40 bits per heavy atom. The first kappa shape index (κ1) is 18.8. The first-order chi connectivity index (χ1) is 14.7. The molecule has 3 heterocycles. The summed E-state index contributed by atoms with van der Waals surface area (Å²) in [5.41, 5.74) is 6.18. The van der Waals surface area contributed by atoms with Crippen molar-refractivity contribution in [2.24, 2.45) is 0 Å². The summed E-state index contributed by atoms with van der Waals surface area (Å²) in [5, 5.41) is 1.30. The van der Waals surface area contributed by atoms with Crippen LogP contribution in [-0.2, 0) is 0 Å². The number of nitrogens with one attached hydrogen (secondary N) is 2. The van der Waals surface area contributed by atoms with Gasteiger partial charge in [-0.1, -0.05) is 18.2 Å². The van der Waals surface area contributed by atoms with Crippen molar-refractivity contribution in [2.45, 2.75) is 13.0 Å². The average molecular weight is 402 g/mol. The van der Waals surface area contributed by atoms with E-state index in [0.717, 1.165) is 31.9 Å². The molecule has 152 valence electrons. The minimum Gasteiger partial charge on any atom is -0.360 e. The topological polar surface area (TPSA) is 36.4 Å². The number of fused-ring (bicyclic) bond motifs is 1. The quantitative estimate of drug-likeness (QED) is 0.549. The Morgan fingerprint density at radius 2 is 1.67 bits per heavy atom. The molecule has 30 heavy (non-hydrogen) atoms. The zero-order valence-electron chi connectivity index (χ0n) is 17.1. The highest BCUT2D eigenvalue weighted by Crippen LogP contribution is 2.30. The molecule has 0 aliphatic carbocycles. The van der Waals surface area contributed by atoms with E-state index in [2.05, 4.69) is 58.2 Å². The second-order valence-electron chi connectivity index (χ2n) is 8.04. The standard InChI is InChI=1S/C25H25FN4/c1-18-24(22-4-2-3-5-23(22)28-18)25(19-10-12-27-13-11-19)30-16-14-29(15-17-30)21-8-6-20(26)7-9-21/h2-13,25,28H,14-17H2,1H3/p+1/t25-/m0/s1. The first-order valence-corrected chi connectivity index (χ1v) is 10.5. The first-order valence-electron chi connectivity index (χ1n) is 10.5. The number of para-hydroxylation sites is 1. The van der Waals surface area contributed by atoms with E-state index in [1.54, 1.807) is 17.0 Å². The Labute approximate surface area is 176 Å². The summed E-state index contributed by atoms with van der Waals surface area (Å²) in [5.74, 6) is -0.185. The molecule has 2 N–H and O–H groups in total. The lowest BCUT2D eigenvalue weighted by Crippen LogP contribution is -3.15. The lowest BCUT2D eigenvalue weighted by atomic mass is 9.94. The molecule has 0 radical (unpaired) electrons. The van der Waals surface area contributed by atoms with Gasteiger partial charge in [0.25, 0.3) is 0 Å². The number of aryl methyl sites for hydroxylation is 1. The molecule has 1 saturated heterocycles. The Morgan fingerprint density at radius 1 is 0.967 bits per heavy atom. The molecule has 1 fully saturated rings. The fraction of sp³-hybridized carbons (Fsp3) is 0.240. The number of nitrogens with zero attached hydrogens (tertiary/aromatic N) is 2. The van der Waals surface area contributed by atoms with Gasteiger partial charge < -0.3 is 14.8 Å². The van der Waals surface area contributed by atoms with Gasteiger partial charge in [0, 0.05) is 45.8 Å². The number of quaternary nitrogens is 1. The second kappa shape index (κ2) is 7.92. The number of hydrogen-bond acceptors (Lipinski definition) is 2. The van der Waals surface area contributed by atoms with Crippen LogP contribution in [0.2, 0.25) is 0 Å². The van der Waals surface area contributed by atoms with Crippen molar-refractivity contribution in [2.75, 3.05) is 31.1 Å². The lowest BCUT2D eigenvalue weighted by molar-refractivity contribution is -0.926. The van der Waals surface area contributed by atoms with Gasteiger partial charge in [-0.15, -0.1) is 0 Å². The number of aromatic amines is 1. The van der Waals surface area contributed by atoms with Gasteiger partial charge in [-0.3, -0.25) is 4.98 Å². The van der Waals surface area contributed by atoms with E-state index in [0.29, 0.717) is 0 Å². The molecule has 5 heteroatoms. The third-order valence-corrected chi connectivity index (χ3v) is 6.28. The molecule has 0 bridgehead atoms. The minimum atomic E-state index is -0.185. The van der Waals surface area contributed by atoms with E-state index in [9.17, 15) is 4.39 Å². The highest BCUT2D eigenvalue weighted by molar-refractivity contribution is 5.85. The van der Waals surface area contributed by atoms with Crippen molar-refractivity contribution in [3.05, 3.63) is 95.7 Å². The number of aromatic nitrogens is 2. The van der Waals surface area contributed by atoms with E-state index in [4.69, 9.17) is 0 Å². The summed E-state index contributed by atoms with van der Waals surface area (Å²) < 4.78 is 13.3. The molecule has 5 rings (SSSR count). The summed E-state index contributed by atoms with van der Waals surface area (Å²) in [6, 6.07) is 20.0. The van der Waals surface area contributed by atoms with Crippen LogP contribution in [0.1, 0.15) is 22.9 Å². The van der Waals surface area contributed by atoms with Crippen LogP contribution in [0.4, 0.5) is 10.1 Å². The van der Waals surface area contributed by atoms with Crippen molar-refractivity contribution in [1.82, 2.24) is 9.97 Å². The minimum absolute atomic E-state index is 0.185. The van der Waals surface area contributed by atoms with E-state index in [1.165, 1.54) is 27.7 Å². The summed E-state index contributed by atoms with van der Waals surface area (Å²) in [7, 11) is 0. The third kappa shape index (κ3) is 3.46. The van der Waals surface area contributed by atoms with Crippen LogP contribution in [-0.4, -0.2) is 36.1 Å². The number of H-pyrrole nitrogens is 1. The van der Waals surface area contributed by atoms with Crippen molar-refractivity contribution in [3.8, 4) is 0 Å². The van der Waals surface area contributed by atoms with Gasteiger partial charge in [0.2, 0.25) is 0 Å². The molecule has 1 atom stereocenters. The van der Waals surface area contributed by atoms with Crippen molar-refractivity contribution < 1.29 is 9.29 Å². The number of anilines is 1. The van der Waals surface area contributed by atoms with E-state index in [-0.39, 0.29) is 11.9 Å². The number of piperazine rings is 1. The molecule has 0 unspecified atom stereocenters. The van der Waals surface area contributed by atoms with Gasteiger partial charge >= 0.3 is 0 Å². The van der Waals surface area contributed by atoms with Gasteiger partial charge in [0.15, 0.2) is 0 Å². The molecule has 4 aromatic rings. The zero-order valence-corrected chi connectivity index (χ0v) is 17.1. The van der Waals surface area contributed by atoms with Crippen LogP contribution >= 0.6 is 0 Å². The summed E-state index contributed by atoms with van der Waals surface area (Å²) in [6.45, 7) is 6.11. The number of hydrogen-bond donors (Lipinski definition) is 2.